The Bertz CT molecular complexity index is 520. The minimum absolute atomic E-state index is 0.0106. The number of nitrogens with zero attached hydrogens (tertiary/aromatic N) is 2. The van der Waals surface area contributed by atoms with E-state index in [-0.39, 0.29) is 36.9 Å². The van der Waals surface area contributed by atoms with Crippen LogP contribution < -0.4 is 5.73 Å². The second kappa shape index (κ2) is 5.19. The van der Waals surface area contributed by atoms with Crippen LogP contribution in [0, 0.1) is 0 Å². The number of hydrogen-bond acceptors (Lipinski definition) is 6. The second-order valence-electron chi connectivity index (χ2n) is 3.95. The van der Waals surface area contributed by atoms with E-state index < -0.39 is 16.1 Å². The SMILES string of the molecule is Nc1ccncc1S(=O)(=O)N1CCOC(CO)C1. The highest BCUT2D eigenvalue weighted by Crippen LogP contribution is 2.22. The monoisotopic (exact) mass is 273 g/mol. The van der Waals surface area contributed by atoms with Crippen molar-refractivity contribution in [3.05, 3.63) is 18.5 Å². The standard InChI is InChI=1S/C10H15N3O4S/c11-9-1-2-12-5-10(9)18(15,16)13-3-4-17-8(6-13)7-14/h1-2,5,8,14H,3-4,6-7H2,(H2,11,12). The molecule has 0 aliphatic carbocycles. The third-order valence-electron chi connectivity index (χ3n) is 2.74. The van der Waals surface area contributed by atoms with E-state index in [9.17, 15) is 8.42 Å². The Labute approximate surface area is 105 Å². The molecular weight excluding hydrogens is 258 g/mol. The van der Waals surface area contributed by atoms with E-state index in [2.05, 4.69) is 4.98 Å². The summed E-state index contributed by atoms with van der Waals surface area (Å²) in [5.41, 5.74) is 5.82. The van der Waals surface area contributed by atoms with Crippen LogP contribution in [0.1, 0.15) is 0 Å². The highest BCUT2D eigenvalue weighted by atomic mass is 32.2. The van der Waals surface area contributed by atoms with Gasteiger partial charge < -0.3 is 15.6 Å². The van der Waals surface area contributed by atoms with Gasteiger partial charge in [-0.25, -0.2) is 8.42 Å². The van der Waals surface area contributed by atoms with E-state index in [1.165, 1.54) is 22.8 Å². The first-order chi connectivity index (χ1) is 8.55. The number of aliphatic hydroxyl groups excluding tert-OH is 1. The van der Waals surface area contributed by atoms with E-state index in [1.807, 2.05) is 0 Å². The van der Waals surface area contributed by atoms with Crippen molar-refractivity contribution in [1.29, 1.82) is 0 Å². The molecule has 18 heavy (non-hydrogen) atoms. The second-order valence-corrected chi connectivity index (χ2v) is 5.86. The molecule has 7 nitrogen and oxygen atoms in total. The van der Waals surface area contributed by atoms with Crippen LogP contribution in [0.5, 0.6) is 0 Å². The maximum absolute atomic E-state index is 12.3. The molecule has 0 aromatic carbocycles. The van der Waals surface area contributed by atoms with Gasteiger partial charge in [0.2, 0.25) is 10.0 Å². The average molecular weight is 273 g/mol. The molecule has 1 aliphatic heterocycles. The summed E-state index contributed by atoms with van der Waals surface area (Å²) in [6, 6.07) is 1.44. The number of rotatable bonds is 3. The van der Waals surface area contributed by atoms with E-state index in [0.29, 0.717) is 0 Å². The molecule has 0 bridgehead atoms. The van der Waals surface area contributed by atoms with E-state index in [1.54, 1.807) is 0 Å². The number of ether oxygens (including phenoxy) is 1. The third kappa shape index (κ3) is 2.46. The average Bonchev–Trinajstić information content (AvgIpc) is 2.39. The Hall–Kier alpha value is -1.22. The van der Waals surface area contributed by atoms with Crippen molar-refractivity contribution in [2.75, 3.05) is 32.0 Å². The summed E-state index contributed by atoms with van der Waals surface area (Å²) in [5.74, 6) is 0. The lowest BCUT2D eigenvalue weighted by Gasteiger charge is -2.31. The normalized spacial score (nSPS) is 21.9. The highest BCUT2D eigenvalue weighted by molar-refractivity contribution is 7.89. The lowest BCUT2D eigenvalue weighted by Crippen LogP contribution is -2.46. The molecule has 2 rings (SSSR count). The summed E-state index contributed by atoms with van der Waals surface area (Å²) in [6.45, 7) is 0.402. The number of nitrogen functional groups attached to an aromatic ring is 1. The molecule has 1 saturated heterocycles. The van der Waals surface area contributed by atoms with Crippen molar-refractivity contribution in [3.63, 3.8) is 0 Å². The van der Waals surface area contributed by atoms with Crippen molar-refractivity contribution in [2.24, 2.45) is 0 Å². The van der Waals surface area contributed by atoms with Crippen LogP contribution in [0.25, 0.3) is 0 Å². The van der Waals surface area contributed by atoms with Gasteiger partial charge in [0.25, 0.3) is 0 Å². The number of pyridine rings is 1. The van der Waals surface area contributed by atoms with Gasteiger partial charge in [-0.3, -0.25) is 4.98 Å². The smallest absolute Gasteiger partial charge is 0.246 e. The number of anilines is 1. The molecule has 1 aliphatic rings. The fraction of sp³-hybridized carbons (Fsp3) is 0.500. The van der Waals surface area contributed by atoms with Crippen LogP contribution in [0.2, 0.25) is 0 Å². The molecule has 0 spiro atoms. The van der Waals surface area contributed by atoms with Crippen molar-refractivity contribution in [2.45, 2.75) is 11.0 Å². The summed E-state index contributed by atoms with van der Waals surface area (Å²) < 4.78 is 31.1. The number of aliphatic hydroxyl groups is 1. The summed E-state index contributed by atoms with van der Waals surface area (Å²) in [7, 11) is -3.68. The molecule has 3 N–H and O–H groups in total. The van der Waals surface area contributed by atoms with Gasteiger partial charge in [-0.15, -0.1) is 0 Å². The predicted octanol–water partition coefficient (Wildman–Crippen LogP) is -0.954. The number of aromatic nitrogens is 1. The molecule has 1 unspecified atom stereocenters. The molecule has 0 amide bonds. The molecule has 0 radical (unpaired) electrons. The topological polar surface area (TPSA) is 106 Å². The number of nitrogens with two attached hydrogens (primary N) is 1. The van der Waals surface area contributed by atoms with Gasteiger partial charge >= 0.3 is 0 Å². The van der Waals surface area contributed by atoms with Gasteiger partial charge in [0.05, 0.1) is 25.0 Å². The van der Waals surface area contributed by atoms with Crippen LogP contribution in [0.3, 0.4) is 0 Å². The lowest BCUT2D eigenvalue weighted by molar-refractivity contribution is -0.0304. The van der Waals surface area contributed by atoms with Crippen molar-refractivity contribution >= 4 is 15.7 Å². The zero-order chi connectivity index (χ0) is 13.2. The molecule has 1 fully saturated rings. The number of sulfonamides is 1. The fourth-order valence-corrected chi connectivity index (χ4v) is 3.28. The van der Waals surface area contributed by atoms with Crippen molar-refractivity contribution in [1.82, 2.24) is 9.29 Å². The van der Waals surface area contributed by atoms with Gasteiger partial charge in [0, 0.05) is 25.5 Å². The maximum atomic E-state index is 12.3. The van der Waals surface area contributed by atoms with Gasteiger partial charge in [-0.05, 0) is 6.07 Å². The van der Waals surface area contributed by atoms with Gasteiger partial charge in [0.1, 0.15) is 4.90 Å². The summed E-state index contributed by atoms with van der Waals surface area (Å²) in [5, 5.41) is 9.02. The molecule has 0 saturated carbocycles. The molecule has 1 aromatic rings. The molecule has 8 heteroatoms. The van der Waals surface area contributed by atoms with Crippen molar-refractivity contribution < 1.29 is 18.3 Å². The number of morpholine rings is 1. The van der Waals surface area contributed by atoms with Crippen LogP contribution >= 0.6 is 0 Å². The first kappa shape index (κ1) is 13.2. The maximum Gasteiger partial charge on any atom is 0.246 e. The van der Waals surface area contributed by atoms with Gasteiger partial charge in [-0.1, -0.05) is 0 Å². The molecule has 2 heterocycles. The van der Waals surface area contributed by atoms with E-state index in [0.717, 1.165) is 0 Å². The largest absolute Gasteiger partial charge is 0.398 e. The summed E-state index contributed by atoms with van der Waals surface area (Å²) in [4.78, 5) is 3.77. The van der Waals surface area contributed by atoms with Crippen LogP contribution in [0.15, 0.2) is 23.4 Å². The minimum Gasteiger partial charge on any atom is -0.398 e. The zero-order valence-electron chi connectivity index (χ0n) is 9.69. The van der Waals surface area contributed by atoms with Crippen LogP contribution in [-0.2, 0) is 14.8 Å². The molecule has 1 atom stereocenters. The molecule has 100 valence electrons. The Kier molecular flexibility index (Phi) is 3.81. The fourth-order valence-electron chi connectivity index (χ4n) is 1.77. The Balaban J connectivity index is 2.29. The van der Waals surface area contributed by atoms with Crippen LogP contribution in [0.4, 0.5) is 5.69 Å². The zero-order valence-corrected chi connectivity index (χ0v) is 10.5. The summed E-state index contributed by atoms with van der Waals surface area (Å²) >= 11 is 0. The lowest BCUT2D eigenvalue weighted by atomic mass is 10.3. The van der Waals surface area contributed by atoms with E-state index in [4.69, 9.17) is 15.6 Å². The van der Waals surface area contributed by atoms with Gasteiger partial charge in [0.15, 0.2) is 0 Å². The number of hydrogen-bond donors (Lipinski definition) is 2. The van der Waals surface area contributed by atoms with E-state index >= 15 is 0 Å². The first-order valence-corrected chi connectivity index (χ1v) is 6.92. The Morgan fingerprint density at radius 2 is 2.39 bits per heavy atom. The Morgan fingerprint density at radius 3 is 3.06 bits per heavy atom. The summed E-state index contributed by atoms with van der Waals surface area (Å²) in [6.07, 6.45) is 2.17. The quantitative estimate of drug-likeness (QED) is 0.735. The predicted molar refractivity (Wildman–Crippen MR) is 64.2 cm³/mol. The molecular formula is C10H15N3O4S. The van der Waals surface area contributed by atoms with Gasteiger partial charge in [-0.2, -0.15) is 4.31 Å². The van der Waals surface area contributed by atoms with Crippen LogP contribution in [-0.4, -0.2) is 55.2 Å². The first-order valence-electron chi connectivity index (χ1n) is 5.48. The highest BCUT2D eigenvalue weighted by Gasteiger charge is 2.31. The molecule has 1 aromatic heterocycles. The third-order valence-corrected chi connectivity index (χ3v) is 4.65. The minimum atomic E-state index is -3.68. The Morgan fingerprint density at radius 1 is 1.61 bits per heavy atom. The van der Waals surface area contributed by atoms with Crippen molar-refractivity contribution in [3.8, 4) is 0 Å².